The molecular formula is C14H21NO3. The molecule has 0 radical (unpaired) electrons. The van der Waals surface area contributed by atoms with Gasteiger partial charge in [-0.05, 0) is 31.0 Å². The van der Waals surface area contributed by atoms with Gasteiger partial charge in [0.1, 0.15) is 5.75 Å². The van der Waals surface area contributed by atoms with Crippen LogP contribution in [0.5, 0.6) is 5.75 Å². The second-order valence-electron chi connectivity index (χ2n) is 4.24. The van der Waals surface area contributed by atoms with Crippen molar-refractivity contribution < 1.29 is 14.6 Å². The molecular weight excluding hydrogens is 230 g/mol. The highest BCUT2D eigenvalue weighted by Crippen LogP contribution is 2.16. The van der Waals surface area contributed by atoms with Gasteiger partial charge < -0.3 is 15.2 Å². The Morgan fingerprint density at radius 3 is 2.61 bits per heavy atom. The number of hydrogen-bond donors (Lipinski definition) is 2. The fourth-order valence-electron chi connectivity index (χ4n) is 1.45. The fourth-order valence-corrected chi connectivity index (χ4v) is 1.45. The zero-order valence-electron chi connectivity index (χ0n) is 11.0. The van der Waals surface area contributed by atoms with Gasteiger partial charge in [0.25, 0.3) is 5.91 Å². The first-order valence-electron chi connectivity index (χ1n) is 6.31. The number of aliphatic hydroxyl groups excluding tert-OH is 1. The van der Waals surface area contributed by atoms with Gasteiger partial charge in [0.05, 0.1) is 6.10 Å². The molecule has 0 fully saturated rings. The molecule has 1 aromatic rings. The lowest BCUT2D eigenvalue weighted by Crippen LogP contribution is -2.29. The van der Waals surface area contributed by atoms with Gasteiger partial charge in [0.15, 0.2) is 6.61 Å². The molecule has 100 valence electrons. The molecule has 1 amide bonds. The van der Waals surface area contributed by atoms with Gasteiger partial charge in [-0.3, -0.25) is 4.79 Å². The van der Waals surface area contributed by atoms with E-state index in [0.717, 1.165) is 18.4 Å². The minimum Gasteiger partial charge on any atom is -0.484 e. The van der Waals surface area contributed by atoms with Gasteiger partial charge in [-0.15, -0.1) is 0 Å². The number of nitrogens with one attached hydrogen (secondary N) is 1. The topological polar surface area (TPSA) is 58.6 Å². The first-order chi connectivity index (χ1) is 8.63. The maximum Gasteiger partial charge on any atom is 0.257 e. The molecule has 1 rings (SSSR count). The lowest BCUT2D eigenvalue weighted by atomic mass is 10.1. The van der Waals surface area contributed by atoms with Crippen LogP contribution in [-0.2, 0) is 4.79 Å². The number of unbranched alkanes of at least 4 members (excludes halogenated alkanes) is 1. The van der Waals surface area contributed by atoms with Crippen LogP contribution in [0.1, 0.15) is 38.4 Å². The summed E-state index contributed by atoms with van der Waals surface area (Å²) in [5, 5.41) is 12.1. The van der Waals surface area contributed by atoms with Crippen molar-refractivity contribution in [2.45, 2.75) is 32.8 Å². The van der Waals surface area contributed by atoms with Crippen molar-refractivity contribution in [2.75, 3.05) is 13.2 Å². The number of carbonyl (C=O) groups excluding carboxylic acids is 1. The van der Waals surface area contributed by atoms with Crippen LogP contribution < -0.4 is 10.1 Å². The van der Waals surface area contributed by atoms with Crippen LogP contribution in [0, 0.1) is 0 Å². The maximum absolute atomic E-state index is 11.4. The molecule has 18 heavy (non-hydrogen) atoms. The zero-order valence-corrected chi connectivity index (χ0v) is 11.0. The minimum absolute atomic E-state index is 0.0255. The molecule has 2 N–H and O–H groups in total. The standard InChI is InChI=1S/C14H21NO3/c1-3-4-9-15-14(17)10-18-13-7-5-12(6-8-13)11(2)16/h5-8,11,16H,3-4,9-10H2,1-2H3,(H,15,17)/t11-/m1/s1. The van der Waals surface area contributed by atoms with Crippen LogP contribution in [0.25, 0.3) is 0 Å². The Bertz CT molecular complexity index is 360. The van der Waals surface area contributed by atoms with Crippen LogP contribution in [0.2, 0.25) is 0 Å². The molecule has 1 atom stereocenters. The van der Waals surface area contributed by atoms with Gasteiger partial charge in [0.2, 0.25) is 0 Å². The van der Waals surface area contributed by atoms with Crippen molar-refractivity contribution in [3.63, 3.8) is 0 Å². The third-order valence-corrected chi connectivity index (χ3v) is 2.58. The molecule has 0 heterocycles. The van der Waals surface area contributed by atoms with E-state index in [-0.39, 0.29) is 12.5 Å². The summed E-state index contributed by atoms with van der Waals surface area (Å²) in [6.07, 6.45) is 1.55. The zero-order chi connectivity index (χ0) is 13.4. The Kier molecular flexibility index (Phi) is 6.22. The predicted octanol–water partition coefficient (Wildman–Crippen LogP) is 2.04. The molecule has 0 aliphatic carbocycles. The van der Waals surface area contributed by atoms with Crippen LogP contribution in [0.3, 0.4) is 0 Å². The Morgan fingerprint density at radius 1 is 1.39 bits per heavy atom. The molecule has 0 aliphatic rings. The van der Waals surface area contributed by atoms with Crippen molar-refractivity contribution >= 4 is 5.91 Å². The number of ether oxygens (including phenoxy) is 1. The summed E-state index contributed by atoms with van der Waals surface area (Å²) in [7, 11) is 0. The van der Waals surface area contributed by atoms with E-state index in [1.165, 1.54) is 0 Å². The van der Waals surface area contributed by atoms with E-state index in [2.05, 4.69) is 12.2 Å². The smallest absolute Gasteiger partial charge is 0.257 e. The van der Waals surface area contributed by atoms with Gasteiger partial charge in [0, 0.05) is 6.54 Å². The quantitative estimate of drug-likeness (QED) is 0.729. The van der Waals surface area contributed by atoms with Crippen LogP contribution >= 0.6 is 0 Å². The number of rotatable bonds is 7. The summed E-state index contributed by atoms with van der Waals surface area (Å²) in [6.45, 7) is 4.50. The Labute approximate surface area is 108 Å². The van der Waals surface area contributed by atoms with Crippen molar-refractivity contribution in [1.29, 1.82) is 0 Å². The first kappa shape index (κ1) is 14.5. The molecule has 0 bridgehead atoms. The van der Waals surface area contributed by atoms with Crippen molar-refractivity contribution in [3.05, 3.63) is 29.8 Å². The Balaban J connectivity index is 2.32. The molecule has 4 heteroatoms. The molecule has 0 aliphatic heterocycles. The molecule has 4 nitrogen and oxygen atoms in total. The second-order valence-corrected chi connectivity index (χ2v) is 4.24. The lowest BCUT2D eigenvalue weighted by molar-refractivity contribution is -0.123. The van der Waals surface area contributed by atoms with Gasteiger partial charge in [-0.2, -0.15) is 0 Å². The number of benzene rings is 1. The van der Waals surface area contributed by atoms with Gasteiger partial charge >= 0.3 is 0 Å². The Hall–Kier alpha value is -1.55. The van der Waals surface area contributed by atoms with E-state index < -0.39 is 6.10 Å². The second kappa shape index (κ2) is 7.71. The highest BCUT2D eigenvalue weighted by atomic mass is 16.5. The third kappa shape index (κ3) is 5.19. The number of carbonyl (C=O) groups is 1. The SMILES string of the molecule is CCCCNC(=O)COc1ccc([C@@H](C)O)cc1. The average Bonchev–Trinajstić information content (AvgIpc) is 2.37. The first-order valence-corrected chi connectivity index (χ1v) is 6.31. The summed E-state index contributed by atoms with van der Waals surface area (Å²) in [5.74, 6) is 0.521. The average molecular weight is 251 g/mol. The number of aliphatic hydroxyl groups is 1. The molecule has 0 aromatic heterocycles. The monoisotopic (exact) mass is 251 g/mol. The summed E-state index contributed by atoms with van der Waals surface area (Å²) in [4.78, 5) is 11.4. The van der Waals surface area contributed by atoms with Crippen molar-refractivity contribution in [2.24, 2.45) is 0 Å². The van der Waals surface area contributed by atoms with E-state index in [9.17, 15) is 9.90 Å². The molecule has 0 saturated carbocycles. The summed E-state index contributed by atoms with van der Waals surface area (Å²) < 4.78 is 5.34. The van der Waals surface area contributed by atoms with Gasteiger partial charge in [-0.25, -0.2) is 0 Å². The molecule has 1 aromatic carbocycles. The number of hydrogen-bond acceptors (Lipinski definition) is 3. The fraction of sp³-hybridized carbons (Fsp3) is 0.500. The van der Waals surface area contributed by atoms with E-state index in [0.29, 0.717) is 12.3 Å². The minimum atomic E-state index is -0.489. The van der Waals surface area contributed by atoms with E-state index in [4.69, 9.17) is 4.74 Å². The molecule has 0 saturated heterocycles. The van der Waals surface area contributed by atoms with Crippen LogP contribution in [0.15, 0.2) is 24.3 Å². The summed E-state index contributed by atoms with van der Waals surface area (Å²) in [5.41, 5.74) is 0.828. The van der Waals surface area contributed by atoms with Crippen LogP contribution in [0.4, 0.5) is 0 Å². The summed E-state index contributed by atoms with van der Waals surface area (Å²) >= 11 is 0. The summed E-state index contributed by atoms with van der Waals surface area (Å²) in [6, 6.07) is 7.08. The van der Waals surface area contributed by atoms with E-state index in [1.807, 2.05) is 0 Å². The van der Waals surface area contributed by atoms with E-state index in [1.54, 1.807) is 31.2 Å². The van der Waals surface area contributed by atoms with Crippen molar-refractivity contribution in [3.8, 4) is 5.75 Å². The normalized spacial score (nSPS) is 11.9. The van der Waals surface area contributed by atoms with E-state index >= 15 is 0 Å². The highest BCUT2D eigenvalue weighted by molar-refractivity contribution is 5.77. The predicted molar refractivity (Wildman–Crippen MR) is 70.5 cm³/mol. The van der Waals surface area contributed by atoms with Gasteiger partial charge in [-0.1, -0.05) is 25.5 Å². The highest BCUT2D eigenvalue weighted by Gasteiger charge is 2.03. The molecule has 0 spiro atoms. The lowest BCUT2D eigenvalue weighted by Gasteiger charge is -2.08. The van der Waals surface area contributed by atoms with Crippen LogP contribution in [-0.4, -0.2) is 24.2 Å². The van der Waals surface area contributed by atoms with Crippen molar-refractivity contribution in [1.82, 2.24) is 5.32 Å². The number of amides is 1. The Morgan fingerprint density at radius 2 is 2.06 bits per heavy atom. The third-order valence-electron chi connectivity index (χ3n) is 2.58. The maximum atomic E-state index is 11.4. The molecule has 0 unspecified atom stereocenters. The largest absolute Gasteiger partial charge is 0.484 e.